The number of carbonyl (C=O) groups is 1. The van der Waals surface area contributed by atoms with Crippen molar-refractivity contribution in [1.82, 2.24) is 0 Å². The van der Waals surface area contributed by atoms with Crippen LogP contribution in [0.4, 0.5) is 0 Å². The van der Waals surface area contributed by atoms with Crippen molar-refractivity contribution in [1.29, 1.82) is 0 Å². The van der Waals surface area contributed by atoms with Gasteiger partial charge in [0, 0.05) is 6.61 Å². The first-order valence-corrected chi connectivity index (χ1v) is 12.1. The Kier molecular flexibility index (Phi) is 22.4. The van der Waals surface area contributed by atoms with Gasteiger partial charge in [0.2, 0.25) is 0 Å². The molecule has 0 aliphatic rings. The van der Waals surface area contributed by atoms with Gasteiger partial charge < -0.3 is 37.9 Å². The molecule has 9 nitrogen and oxygen atoms in total. The quantitative estimate of drug-likeness (QED) is 0.153. The maximum absolute atomic E-state index is 11.5. The van der Waals surface area contributed by atoms with Crippen LogP contribution in [0.3, 0.4) is 0 Å². The summed E-state index contributed by atoms with van der Waals surface area (Å²) in [5.74, 6) is 0.343. The third-order valence-electron chi connectivity index (χ3n) is 4.20. The number of ether oxygens (including phenoxy) is 8. The SMILES string of the molecule is CCC(C)COCCOCCOCCOCCOCCOCCOCCC(=O)OC(C)(C)C. The Hall–Kier alpha value is -0.810. The van der Waals surface area contributed by atoms with E-state index in [4.69, 9.17) is 37.9 Å². The molecule has 1 atom stereocenters. The fraction of sp³-hybridized carbons (Fsp3) is 0.958. The molecular formula is C24H48O9. The summed E-state index contributed by atoms with van der Waals surface area (Å²) in [6.07, 6.45) is 1.38. The van der Waals surface area contributed by atoms with E-state index in [1.165, 1.54) is 0 Å². The van der Waals surface area contributed by atoms with E-state index in [-0.39, 0.29) is 12.4 Å². The molecule has 0 aromatic rings. The minimum atomic E-state index is -0.461. The number of hydrogen-bond acceptors (Lipinski definition) is 9. The highest BCUT2D eigenvalue weighted by Gasteiger charge is 2.15. The Balaban J connectivity index is 3.12. The van der Waals surface area contributed by atoms with E-state index in [1.807, 2.05) is 20.8 Å². The first kappa shape index (κ1) is 32.2. The van der Waals surface area contributed by atoms with Crippen LogP contribution in [0.5, 0.6) is 0 Å². The predicted octanol–water partition coefficient (Wildman–Crippen LogP) is 2.88. The van der Waals surface area contributed by atoms with Crippen LogP contribution < -0.4 is 0 Å². The smallest absolute Gasteiger partial charge is 0.308 e. The molecule has 33 heavy (non-hydrogen) atoms. The van der Waals surface area contributed by atoms with Crippen LogP contribution in [0.25, 0.3) is 0 Å². The minimum Gasteiger partial charge on any atom is -0.460 e. The standard InChI is InChI=1S/C24H48O9/c1-6-22(2)21-32-20-19-31-18-17-30-16-15-29-14-13-28-12-11-27-10-9-26-8-7-23(25)33-24(3,4)5/h22H,6-21H2,1-5H3. The van der Waals surface area contributed by atoms with Gasteiger partial charge in [-0.3, -0.25) is 4.79 Å². The van der Waals surface area contributed by atoms with Gasteiger partial charge in [-0.1, -0.05) is 20.3 Å². The molecule has 9 heteroatoms. The lowest BCUT2D eigenvalue weighted by molar-refractivity contribution is -0.156. The average Bonchev–Trinajstić information content (AvgIpc) is 2.75. The molecule has 0 saturated carbocycles. The molecule has 0 aliphatic heterocycles. The Labute approximate surface area is 200 Å². The third-order valence-corrected chi connectivity index (χ3v) is 4.20. The van der Waals surface area contributed by atoms with Crippen molar-refractivity contribution in [2.24, 2.45) is 5.92 Å². The summed E-state index contributed by atoms with van der Waals surface area (Å²) < 4.78 is 43.2. The molecule has 0 rings (SSSR count). The van der Waals surface area contributed by atoms with Crippen molar-refractivity contribution in [2.75, 3.05) is 92.5 Å². The second-order valence-corrected chi connectivity index (χ2v) is 8.60. The predicted molar refractivity (Wildman–Crippen MR) is 126 cm³/mol. The number of hydrogen-bond donors (Lipinski definition) is 0. The number of carbonyl (C=O) groups excluding carboxylic acids is 1. The van der Waals surface area contributed by atoms with Crippen molar-refractivity contribution in [3.63, 3.8) is 0 Å². The molecule has 0 aromatic carbocycles. The molecule has 1 unspecified atom stereocenters. The van der Waals surface area contributed by atoms with Gasteiger partial charge in [-0.2, -0.15) is 0 Å². The maximum atomic E-state index is 11.5. The molecule has 0 N–H and O–H groups in total. The number of rotatable bonds is 24. The lowest BCUT2D eigenvalue weighted by Crippen LogP contribution is -2.24. The van der Waals surface area contributed by atoms with E-state index < -0.39 is 5.60 Å². The van der Waals surface area contributed by atoms with Crippen molar-refractivity contribution >= 4 is 5.97 Å². The van der Waals surface area contributed by atoms with Gasteiger partial charge in [-0.25, -0.2) is 0 Å². The van der Waals surface area contributed by atoms with E-state index in [0.29, 0.717) is 91.8 Å². The summed E-state index contributed by atoms with van der Waals surface area (Å²) in [6, 6.07) is 0. The Bertz CT molecular complexity index is 427. The summed E-state index contributed by atoms with van der Waals surface area (Å²) in [7, 11) is 0. The zero-order chi connectivity index (χ0) is 24.6. The van der Waals surface area contributed by atoms with Crippen LogP contribution >= 0.6 is 0 Å². The van der Waals surface area contributed by atoms with Crippen LogP contribution in [0, 0.1) is 5.92 Å². The highest BCUT2D eigenvalue weighted by atomic mass is 16.6. The van der Waals surface area contributed by atoms with Crippen LogP contribution in [0.2, 0.25) is 0 Å². The van der Waals surface area contributed by atoms with Gasteiger partial charge in [-0.05, 0) is 26.7 Å². The second kappa shape index (κ2) is 23.0. The van der Waals surface area contributed by atoms with Gasteiger partial charge in [0.25, 0.3) is 0 Å². The molecule has 0 bridgehead atoms. The lowest BCUT2D eigenvalue weighted by atomic mass is 10.1. The van der Waals surface area contributed by atoms with Crippen molar-refractivity contribution in [3.8, 4) is 0 Å². The molecule has 0 aromatic heterocycles. The van der Waals surface area contributed by atoms with Crippen molar-refractivity contribution in [2.45, 2.75) is 53.1 Å². The summed E-state index contributed by atoms with van der Waals surface area (Å²) in [5, 5.41) is 0. The van der Waals surface area contributed by atoms with E-state index in [2.05, 4.69) is 13.8 Å². The van der Waals surface area contributed by atoms with Crippen LogP contribution in [0.15, 0.2) is 0 Å². The van der Waals surface area contributed by atoms with Gasteiger partial charge in [-0.15, -0.1) is 0 Å². The zero-order valence-electron chi connectivity index (χ0n) is 21.6. The monoisotopic (exact) mass is 480 g/mol. The summed E-state index contributed by atoms with van der Waals surface area (Å²) in [5.41, 5.74) is -0.461. The van der Waals surface area contributed by atoms with Crippen LogP contribution in [0.1, 0.15) is 47.5 Å². The van der Waals surface area contributed by atoms with Crippen LogP contribution in [-0.4, -0.2) is 104 Å². The highest BCUT2D eigenvalue weighted by molar-refractivity contribution is 5.69. The third kappa shape index (κ3) is 27.3. The maximum Gasteiger partial charge on any atom is 0.308 e. The van der Waals surface area contributed by atoms with Gasteiger partial charge in [0.05, 0.1) is 92.3 Å². The van der Waals surface area contributed by atoms with Gasteiger partial charge in [0.15, 0.2) is 0 Å². The van der Waals surface area contributed by atoms with Gasteiger partial charge >= 0.3 is 5.97 Å². The van der Waals surface area contributed by atoms with E-state index >= 15 is 0 Å². The van der Waals surface area contributed by atoms with E-state index in [0.717, 1.165) is 13.0 Å². The second-order valence-electron chi connectivity index (χ2n) is 8.60. The molecule has 198 valence electrons. The van der Waals surface area contributed by atoms with E-state index in [1.54, 1.807) is 0 Å². The van der Waals surface area contributed by atoms with Crippen LogP contribution in [-0.2, 0) is 42.7 Å². The fourth-order valence-corrected chi connectivity index (χ4v) is 2.27. The fourth-order valence-electron chi connectivity index (χ4n) is 2.27. The summed E-state index contributed by atoms with van der Waals surface area (Å²) >= 11 is 0. The molecule has 0 radical (unpaired) electrons. The Morgan fingerprint density at radius 1 is 0.606 bits per heavy atom. The summed E-state index contributed by atoms with van der Waals surface area (Å²) in [4.78, 5) is 11.5. The molecule has 0 fully saturated rings. The average molecular weight is 481 g/mol. The largest absolute Gasteiger partial charge is 0.460 e. The highest BCUT2D eigenvalue weighted by Crippen LogP contribution is 2.08. The number of esters is 1. The first-order valence-electron chi connectivity index (χ1n) is 12.1. The molecular weight excluding hydrogens is 432 g/mol. The topological polar surface area (TPSA) is 90.9 Å². The molecule has 0 heterocycles. The minimum absolute atomic E-state index is 0.243. The molecule has 0 saturated heterocycles. The van der Waals surface area contributed by atoms with Crippen molar-refractivity contribution in [3.05, 3.63) is 0 Å². The molecule has 0 aliphatic carbocycles. The van der Waals surface area contributed by atoms with E-state index in [9.17, 15) is 4.79 Å². The summed E-state index contributed by atoms with van der Waals surface area (Å²) in [6.45, 7) is 17.3. The van der Waals surface area contributed by atoms with Gasteiger partial charge in [0.1, 0.15) is 5.60 Å². The normalized spacial score (nSPS) is 12.8. The molecule has 0 amide bonds. The lowest BCUT2D eigenvalue weighted by Gasteiger charge is -2.19. The zero-order valence-corrected chi connectivity index (χ0v) is 21.6. The Morgan fingerprint density at radius 3 is 1.27 bits per heavy atom. The first-order chi connectivity index (χ1) is 15.8. The Morgan fingerprint density at radius 2 is 0.939 bits per heavy atom. The van der Waals surface area contributed by atoms with Crippen molar-refractivity contribution < 1.29 is 42.7 Å². The molecule has 0 spiro atoms.